The number of carbonyl (C=O) groups is 1. The Labute approximate surface area is 122 Å². The second-order valence-electron chi connectivity index (χ2n) is 4.53. The molecule has 2 aromatic rings. The first-order chi connectivity index (χ1) is 10.1. The van der Waals surface area contributed by atoms with E-state index in [0.717, 1.165) is 13.0 Å². The number of nitrogens with one attached hydrogen (secondary N) is 1. The number of halogens is 1. The molecule has 0 aliphatic carbocycles. The molecule has 1 aromatic carbocycles. The highest BCUT2D eigenvalue weighted by Crippen LogP contribution is 2.18. The van der Waals surface area contributed by atoms with Crippen LogP contribution in [0.2, 0.25) is 0 Å². The maximum absolute atomic E-state index is 13.7. The maximum Gasteiger partial charge on any atom is 0.278 e. The minimum absolute atomic E-state index is 0.168. The van der Waals surface area contributed by atoms with Crippen LogP contribution in [0.15, 0.2) is 36.7 Å². The maximum atomic E-state index is 13.7. The van der Waals surface area contributed by atoms with E-state index in [1.54, 1.807) is 24.4 Å². The first-order valence-electron chi connectivity index (χ1n) is 6.72. The molecular formula is C15H17FN4O. The highest BCUT2D eigenvalue weighted by molar-refractivity contribution is 6.04. The lowest BCUT2D eigenvalue weighted by atomic mass is 10.2. The Balaban J connectivity index is 2.21. The Kier molecular flexibility index (Phi) is 4.81. The number of hydrogen-bond acceptors (Lipinski definition) is 4. The van der Waals surface area contributed by atoms with Gasteiger partial charge in [-0.2, -0.15) is 0 Å². The molecule has 1 aromatic heterocycles. The van der Waals surface area contributed by atoms with E-state index in [1.807, 2.05) is 6.92 Å². The van der Waals surface area contributed by atoms with Gasteiger partial charge in [0.1, 0.15) is 17.3 Å². The van der Waals surface area contributed by atoms with Crippen LogP contribution in [0.5, 0.6) is 0 Å². The molecule has 0 aliphatic heterocycles. The Morgan fingerprint density at radius 2 is 2.10 bits per heavy atom. The van der Waals surface area contributed by atoms with Gasteiger partial charge in [0.2, 0.25) is 0 Å². The lowest BCUT2D eigenvalue weighted by Gasteiger charge is -2.17. The van der Waals surface area contributed by atoms with Crippen molar-refractivity contribution in [2.45, 2.75) is 13.3 Å². The van der Waals surface area contributed by atoms with Crippen molar-refractivity contribution in [2.75, 3.05) is 23.8 Å². The van der Waals surface area contributed by atoms with Crippen molar-refractivity contribution < 1.29 is 9.18 Å². The zero-order valence-corrected chi connectivity index (χ0v) is 12.0. The molecule has 6 heteroatoms. The number of benzene rings is 1. The van der Waals surface area contributed by atoms with Gasteiger partial charge in [0, 0.05) is 13.6 Å². The van der Waals surface area contributed by atoms with Gasteiger partial charge in [0.25, 0.3) is 5.91 Å². The van der Waals surface area contributed by atoms with Crippen molar-refractivity contribution in [2.24, 2.45) is 0 Å². The normalized spacial score (nSPS) is 10.2. The van der Waals surface area contributed by atoms with Crippen LogP contribution in [-0.4, -0.2) is 29.5 Å². The van der Waals surface area contributed by atoms with E-state index < -0.39 is 11.7 Å². The van der Waals surface area contributed by atoms with Crippen molar-refractivity contribution >= 4 is 17.4 Å². The predicted octanol–water partition coefficient (Wildman–Crippen LogP) is 2.71. The molecule has 0 saturated carbocycles. The summed E-state index contributed by atoms with van der Waals surface area (Å²) in [6.45, 7) is 2.77. The van der Waals surface area contributed by atoms with Crippen molar-refractivity contribution in [3.8, 4) is 0 Å². The van der Waals surface area contributed by atoms with E-state index in [0.29, 0.717) is 5.82 Å². The average molecular weight is 288 g/mol. The smallest absolute Gasteiger partial charge is 0.278 e. The van der Waals surface area contributed by atoms with Crippen LogP contribution >= 0.6 is 0 Å². The average Bonchev–Trinajstić information content (AvgIpc) is 2.52. The highest BCUT2D eigenvalue weighted by Gasteiger charge is 2.18. The zero-order valence-electron chi connectivity index (χ0n) is 12.0. The van der Waals surface area contributed by atoms with E-state index in [2.05, 4.69) is 15.3 Å². The molecule has 2 rings (SSSR count). The highest BCUT2D eigenvalue weighted by atomic mass is 19.1. The Bertz CT molecular complexity index is 633. The minimum atomic E-state index is -0.457. The summed E-state index contributed by atoms with van der Waals surface area (Å²) in [6, 6.07) is 6.10. The molecule has 0 atom stereocenters. The first-order valence-corrected chi connectivity index (χ1v) is 6.72. The van der Waals surface area contributed by atoms with E-state index in [1.165, 1.54) is 24.2 Å². The molecule has 110 valence electrons. The third-order valence-corrected chi connectivity index (χ3v) is 2.93. The molecule has 0 fully saturated rings. The second-order valence-corrected chi connectivity index (χ2v) is 4.53. The quantitative estimate of drug-likeness (QED) is 0.919. The zero-order chi connectivity index (χ0) is 15.2. The van der Waals surface area contributed by atoms with Crippen molar-refractivity contribution in [3.05, 3.63) is 48.2 Å². The summed E-state index contributed by atoms with van der Waals surface area (Å²) in [5, 5.41) is 3.06. The largest absolute Gasteiger partial charge is 0.369 e. The summed E-state index contributed by atoms with van der Waals surface area (Å²) in [7, 11) is 1.51. The molecule has 0 radical (unpaired) electrons. The third-order valence-electron chi connectivity index (χ3n) is 2.93. The summed E-state index contributed by atoms with van der Waals surface area (Å²) >= 11 is 0. The molecule has 0 unspecified atom stereocenters. The monoisotopic (exact) mass is 288 g/mol. The predicted molar refractivity (Wildman–Crippen MR) is 79.9 cm³/mol. The second kappa shape index (κ2) is 6.78. The van der Waals surface area contributed by atoms with Gasteiger partial charge in [-0.25, -0.2) is 9.37 Å². The Morgan fingerprint density at radius 1 is 1.33 bits per heavy atom. The van der Waals surface area contributed by atoms with Gasteiger partial charge >= 0.3 is 0 Å². The van der Waals surface area contributed by atoms with Crippen LogP contribution in [0.3, 0.4) is 0 Å². The fourth-order valence-electron chi connectivity index (χ4n) is 1.81. The number of aromatic nitrogens is 2. The van der Waals surface area contributed by atoms with E-state index in [9.17, 15) is 9.18 Å². The van der Waals surface area contributed by atoms with Crippen molar-refractivity contribution in [1.29, 1.82) is 0 Å². The molecule has 0 bridgehead atoms. The molecule has 1 N–H and O–H groups in total. The van der Waals surface area contributed by atoms with Gasteiger partial charge in [-0.15, -0.1) is 0 Å². The number of para-hydroxylation sites is 1. The summed E-state index contributed by atoms with van der Waals surface area (Å²) in [4.78, 5) is 21.8. The standard InChI is InChI=1S/C15H17FN4O/c1-3-8-18-14-10-17-9-12(19-14)15(21)20(2)13-7-5-4-6-11(13)16/h4-7,9-10H,3,8H2,1-2H3,(H,18,19). The molecule has 5 nitrogen and oxygen atoms in total. The van der Waals surface area contributed by atoms with Gasteiger partial charge < -0.3 is 10.2 Å². The lowest BCUT2D eigenvalue weighted by molar-refractivity contribution is 0.0987. The lowest BCUT2D eigenvalue weighted by Crippen LogP contribution is -2.28. The van der Waals surface area contributed by atoms with Crippen LogP contribution in [0.1, 0.15) is 23.8 Å². The minimum Gasteiger partial charge on any atom is -0.369 e. The van der Waals surface area contributed by atoms with Gasteiger partial charge in [0.05, 0.1) is 18.1 Å². The van der Waals surface area contributed by atoms with Gasteiger partial charge in [-0.1, -0.05) is 19.1 Å². The van der Waals surface area contributed by atoms with E-state index in [-0.39, 0.29) is 11.4 Å². The number of amides is 1. The Hall–Kier alpha value is -2.50. The van der Waals surface area contributed by atoms with Gasteiger partial charge in [0.15, 0.2) is 0 Å². The van der Waals surface area contributed by atoms with E-state index >= 15 is 0 Å². The fraction of sp³-hybridized carbons (Fsp3) is 0.267. The third kappa shape index (κ3) is 3.53. The molecule has 0 aliphatic rings. The van der Waals surface area contributed by atoms with Crippen LogP contribution in [-0.2, 0) is 0 Å². The molecular weight excluding hydrogens is 271 g/mol. The van der Waals surface area contributed by atoms with Crippen molar-refractivity contribution in [1.82, 2.24) is 9.97 Å². The number of hydrogen-bond donors (Lipinski definition) is 1. The SMILES string of the molecule is CCCNc1cncc(C(=O)N(C)c2ccccc2F)n1. The topological polar surface area (TPSA) is 58.1 Å². The molecule has 1 amide bonds. The van der Waals surface area contributed by atoms with Crippen molar-refractivity contribution in [3.63, 3.8) is 0 Å². The van der Waals surface area contributed by atoms with Crippen LogP contribution < -0.4 is 10.2 Å². The van der Waals surface area contributed by atoms with Gasteiger partial charge in [-0.05, 0) is 18.6 Å². The van der Waals surface area contributed by atoms with Crippen LogP contribution in [0, 0.1) is 5.82 Å². The summed E-state index contributed by atoms with van der Waals surface area (Å²) < 4.78 is 13.7. The van der Waals surface area contributed by atoms with E-state index in [4.69, 9.17) is 0 Å². The Morgan fingerprint density at radius 3 is 2.81 bits per heavy atom. The molecule has 1 heterocycles. The number of nitrogens with zero attached hydrogens (tertiary/aromatic N) is 3. The number of carbonyl (C=O) groups excluding carboxylic acids is 1. The van der Waals surface area contributed by atoms with Crippen LogP contribution in [0.4, 0.5) is 15.9 Å². The summed E-state index contributed by atoms with van der Waals surface area (Å²) in [5.74, 6) is -0.334. The number of rotatable bonds is 5. The summed E-state index contributed by atoms with van der Waals surface area (Å²) in [6.07, 6.45) is 3.86. The summed E-state index contributed by atoms with van der Waals surface area (Å²) in [5.41, 5.74) is 0.373. The van der Waals surface area contributed by atoms with Crippen LogP contribution in [0.25, 0.3) is 0 Å². The number of anilines is 2. The molecule has 0 spiro atoms. The van der Waals surface area contributed by atoms with Gasteiger partial charge in [-0.3, -0.25) is 9.78 Å². The molecule has 0 saturated heterocycles. The molecule has 21 heavy (non-hydrogen) atoms. The fourth-order valence-corrected chi connectivity index (χ4v) is 1.81. The first kappa shape index (κ1) is 14.9.